The van der Waals surface area contributed by atoms with Crippen molar-refractivity contribution in [1.29, 1.82) is 0 Å². The lowest BCUT2D eigenvalue weighted by atomic mass is 9.53. The molecule has 0 spiro atoms. The molecule has 0 amide bonds. The summed E-state index contributed by atoms with van der Waals surface area (Å²) in [6.07, 6.45) is 9.16. The van der Waals surface area contributed by atoms with E-state index in [1.165, 1.54) is 36.8 Å². The highest BCUT2D eigenvalue weighted by molar-refractivity contribution is 5.45. The molecule has 0 unspecified atom stereocenters. The first-order chi connectivity index (χ1) is 12.8. The molecule has 1 aromatic carbocycles. The molecule has 26 heavy (non-hydrogen) atoms. The van der Waals surface area contributed by atoms with Gasteiger partial charge in [0.05, 0.1) is 14.2 Å². The second-order valence-electron chi connectivity index (χ2n) is 7.51. The molecule has 2 saturated carbocycles. The van der Waals surface area contributed by atoms with Crippen molar-refractivity contribution in [2.75, 3.05) is 14.2 Å². The molecule has 0 radical (unpaired) electrons. The molecule has 1 heterocycles. The van der Waals surface area contributed by atoms with Crippen molar-refractivity contribution in [2.45, 2.75) is 44.2 Å². The Morgan fingerprint density at radius 1 is 0.962 bits per heavy atom. The first-order valence-electron chi connectivity index (χ1n) is 9.66. The molecule has 4 rings (SSSR count). The number of methoxy groups -OCH3 is 2. The standard InChI is InChI=1S/C22H28N2O2/c1-25-19-8-7-16(13-20(19)26-2)21-17-5-3-4-6-18(17)22(21)24-14-15-9-11-23-12-10-15/h7-13,17-18,21-22,24H,3-6,14H2,1-2H3/t17-,18+,21-,22-/m0/s1. The van der Waals surface area contributed by atoms with Crippen LogP contribution in [0, 0.1) is 11.8 Å². The lowest BCUT2D eigenvalue weighted by Crippen LogP contribution is -2.57. The van der Waals surface area contributed by atoms with Crippen LogP contribution >= 0.6 is 0 Å². The predicted octanol–water partition coefficient (Wildman–Crippen LogP) is 4.16. The van der Waals surface area contributed by atoms with Crippen LogP contribution in [0.3, 0.4) is 0 Å². The Morgan fingerprint density at radius 2 is 1.69 bits per heavy atom. The Labute approximate surface area is 155 Å². The Bertz CT molecular complexity index is 734. The molecule has 138 valence electrons. The van der Waals surface area contributed by atoms with E-state index in [4.69, 9.17) is 9.47 Å². The van der Waals surface area contributed by atoms with Gasteiger partial charge < -0.3 is 14.8 Å². The van der Waals surface area contributed by atoms with Gasteiger partial charge in [-0.1, -0.05) is 18.9 Å². The highest BCUT2D eigenvalue weighted by Crippen LogP contribution is 2.55. The summed E-state index contributed by atoms with van der Waals surface area (Å²) < 4.78 is 11.0. The van der Waals surface area contributed by atoms with Gasteiger partial charge in [-0.05, 0) is 60.1 Å². The zero-order valence-corrected chi connectivity index (χ0v) is 15.7. The highest BCUT2D eigenvalue weighted by atomic mass is 16.5. The maximum Gasteiger partial charge on any atom is 0.160 e. The number of rotatable bonds is 6. The molecule has 0 bridgehead atoms. The van der Waals surface area contributed by atoms with E-state index < -0.39 is 0 Å². The fourth-order valence-corrected chi connectivity index (χ4v) is 5.00. The van der Waals surface area contributed by atoms with Crippen molar-refractivity contribution in [1.82, 2.24) is 10.3 Å². The van der Waals surface area contributed by atoms with Gasteiger partial charge in [0.2, 0.25) is 0 Å². The van der Waals surface area contributed by atoms with Crippen LogP contribution in [-0.2, 0) is 6.54 Å². The van der Waals surface area contributed by atoms with Crippen LogP contribution in [0.4, 0.5) is 0 Å². The van der Waals surface area contributed by atoms with Crippen molar-refractivity contribution in [3.63, 3.8) is 0 Å². The summed E-state index contributed by atoms with van der Waals surface area (Å²) >= 11 is 0. The minimum Gasteiger partial charge on any atom is -0.493 e. The van der Waals surface area contributed by atoms with Crippen molar-refractivity contribution < 1.29 is 9.47 Å². The average Bonchev–Trinajstić information content (AvgIpc) is 2.69. The lowest BCUT2D eigenvalue weighted by molar-refractivity contribution is 0.0253. The topological polar surface area (TPSA) is 43.4 Å². The van der Waals surface area contributed by atoms with Crippen molar-refractivity contribution in [2.24, 2.45) is 11.8 Å². The van der Waals surface area contributed by atoms with Gasteiger partial charge >= 0.3 is 0 Å². The molecule has 4 nitrogen and oxygen atoms in total. The number of nitrogens with zero attached hydrogens (tertiary/aromatic N) is 1. The van der Waals surface area contributed by atoms with Gasteiger partial charge in [-0.2, -0.15) is 0 Å². The van der Waals surface area contributed by atoms with Gasteiger partial charge in [0.1, 0.15) is 0 Å². The zero-order valence-electron chi connectivity index (χ0n) is 15.7. The molecule has 2 aliphatic carbocycles. The van der Waals surface area contributed by atoms with Gasteiger partial charge in [0.25, 0.3) is 0 Å². The monoisotopic (exact) mass is 352 g/mol. The number of benzene rings is 1. The van der Waals surface area contributed by atoms with Gasteiger partial charge in [-0.25, -0.2) is 0 Å². The van der Waals surface area contributed by atoms with E-state index in [0.717, 1.165) is 29.9 Å². The normalized spacial score (nSPS) is 27.3. The molecule has 4 atom stereocenters. The minimum atomic E-state index is 0.534. The molecular weight excluding hydrogens is 324 g/mol. The number of hydrogen-bond donors (Lipinski definition) is 1. The molecular formula is C22H28N2O2. The molecule has 2 aliphatic rings. The number of aromatic nitrogens is 1. The predicted molar refractivity (Wildman–Crippen MR) is 103 cm³/mol. The fourth-order valence-electron chi connectivity index (χ4n) is 5.00. The summed E-state index contributed by atoms with van der Waals surface area (Å²) in [6.45, 7) is 0.903. The van der Waals surface area contributed by atoms with Gasteiger partial charge in [-0.15, -0.1) is 0 Å². The van der Waals surface area contributed by atoms with E-state index in [1.807, 2.05) is 18.5 Å². The van der Waals surface area contributed by atoms with E-state index in [-0.39, 0.29) is 0 Å². The molecule has 0 aliphatic heterocycles. The van der Waals surface area contributed by atoms with Crippen LogP contribution in [0.5, 0.6) is 11.5 Å². The Balaban J connectivity index is 1.55. The molecule has 2 aromatic rings. The van der Waals surface area contributed by atoms with E-state index in [0.29, 0.717) is 12.0 Å². The summed E-state index contributed by atoms with van der Waals surface area (Å²) in [5, 5.41) is 3.85. The Morgan fingerprint density at radius 3 is 2.42 bits per heavy atom. The van der Waals surface area contributed by atoms with Crippen LogP contribution < -0.4 is 14.8 Å². The van der Waals surface area contributed by atoms with E-state index >= 15 is 0 Å². The second-order valence-corrected chi connectivity index (χ2v) is 7.51. The van der Waals surface area contributed by atoms with Crippen molar-refractivity contribution >= 4 is 0 Å². The summed E-state index contributed by atoms with van der Waals surface area (Å²) in [4.78, 5) is 4.12. The first kappa shape index (κ1) is 17.3. The Kier molecular flexibility index (Phi) is 5.11. The summed E-state index contributed by atoms with van der Waals surface area (Å²) in [5.74, 6) is 3.77. The number of hydrogen-bond acceptors (Lipinski definition) is 4. The van der Waals surface area contributed by atoms with Crippen LogP contribution in [0.1, 0.15) is 42.7 Å². The third-order valence-electron chi connectivity index (χ3n) is 6.27. The van der Waals surface area contributed by atoms with E-state index in [2.05, 4.69) is 34.6 Å². The van der Waals surface area contributed by atoms with E-state index in [1.54, 1.807) is 14.2 Å². The van der Waals surface area contributed by atoms with Crippen LogP contribution in [0.2, 0.25) is 0 Å². The number of nitrogens with one attached hydrogen (secondary N) is 1. The highest BCUT2D eigenvalue weighted by Gasteiger charge is 2.51. The Hall–Kier alpha value is -2.07. The zero-order chi connectivity index (χ0) is 17.9. The number of pyridine rings is 1. The smallest absolute Gasteiger partial charge is 0.160 e. The number of ether oxygens (including phenoxy) is 2. The maximum absolute atomic E-state index is 5.54. The van der Waals surface area contributed by atoms with Gasteiger partial charge in [0.15, 0.2) is 11.5 Å². The summed E-state index contributed by atoms with van der Waals surface area (Å²) in [6, 6.07) is 11.2. The largest absolute Gasteiger partial charge is 0.493 e. The third kappa shape index (κ3) is 3.18. The van der Waals surface area contributed by atoms with E-state index in [9.17, 15) is 0 Å². The quantitative estimate of drug-likeness (QED) is 0.848. The first-order valence-corrected chi connectivity index (χ1v) is 9.66. The van der Waals surface area contributed by atoms with Crippen molar-refractivity contribution in [3.8, 4) is 11.5 Å². The van der Waals surface area contributed by atoms with Crippen LogP contribution in [0.15, 0.2) is 42.7 Å². The van der Waals surface area contributed by atoms with Gasteiger partial charge in [-0.3, -0.25) is 4.98 Å². The molecule has 2 fully saturated rings. The maximum atomic E-state index is 5.54. The SMILES string of the molecule is COc1ccc([C@H]2[C@H]3CCCC[C@H]3[C@@H]2NCc2ccncc2)cc1OC. The average molecular weight is 352 g/mol. The minimum absolute atomic E-state index is 0.534. The molecule has 1 aromatic heterocycles. The van der Waals surface area contributed by atoms with Crippen LogP contribution in [0.25, 0.3) is 0 Å². The third-order valence-corrected chi connectivity index (χ3v) is 6.27. The summed E-state index contributed by atoms with van der Waals surface area (Å²) in [5.41, 5.74) is 2.67. The molecule has 0 saturated heterocycles. The lowest BCUT2D eigenvalue weighted by Gasteiger charge is -2.55. The molecule has 4 heteroatoms. The summed E-state index contributed by atoms with van der Waals surface area (Å²) in [7, 11) is 3.40. The second kappa shape index (κ2) is 7.67. The molecule has 1 N–H and O–H groups in total. The number of fused-ring (bicyclic) bond motifs is 1. The van der Waals surface area contributed by atoms with Crippen molar-refractivity contribution in [3.05, 3.63) is 53.9 Å². The fraction of sp³-hybridized carbons (Fsp3) is 0.500. The van der Waals surface area contributed by atoms with Gasteiger partial charge in [0, 0.05) is 30.9 Å². The van der Waals surface area contributed by atoms with Crippen LogP contribution in [-0.4, -0.2) is 25.2 Å².